The fourth-order valence-electron chi connectivity index (χ4n) is 4.52. The normalized spacial score (nSPS) is 27.4. The van der Waals surface area contributed by atoms with Crippen molar-refractivity contribution in [1.29, 1.82) is 0 Å². The highest BCUT2D eigenvalue weighted by Gasteiger charge is 2.25. The highest BCUT2D eigenvalue weighted by atomic mass is 14.9. The summed E-state index contributed by atoms with van der Waals surface area (Å²) in [6, 6.07) is 0.778. The Morgan fingerprint density at radius 1 is 0.464 bits per heavy atom. The standard InChI is InChI=1S/C12H24.C11H23N.2C2H6/c1-9(2)11-5-7-12(8-6-11)10(3)4;1-8(2)10-5-6-11(9(3)4)12-7-10;2*1-2/h9-12H,5-8H2,1-4H3;8-12H,5-7H2,1-4H3;2*1-2H3. The Hall–Kier alpha value is -0.0400. The van der Waals surface area contributed by atoms with Gasteiger partial charge in [0, 0.05) is 6.04 Å². The van der Waals surface area contributed by atoms with E-state index in [0.717, 1.165) is 47.5 Å². The van der Waals surface area contributed by atoms with Gasteiger partial charge in [-0.25, -0.2) is 0 Å². The SMILES string of the molecule is CC.CC.CC(C)C1CCC(C(C)C)CC1.CC(C)C1CCC(C(C)C)NC1. The largest absolute Gasteiger partial charge is 0.313 e. The molecule has 1 heteroatoms. The number of hydrogen-bond acceptors (Lipinski definition) is 1. The van der Waals surface area contributed by atoms with Crippen molar-refractivity contribution in [2.24, 2.45) is 41.4 Å². The Morgan fingerprint density at radius 2 is 0.786 bits per heavy atom. The molecule has 0 aromatic rings. The molecule has 2 atom stereocenters. The molecule has 0 bridgehead atoms. The molecule has 0 amide bonds. The molecule has 1 aliphatic heterocycles. The minimum Gasteiger partial charge on any atom is -0.313 e. The highest BCUT2D eigenvalue weighted by molar-refractivity contribution is 4.81. The monoisotopic (exact) mass is 397 g/mol. The summed E-state index contributed by atoms with van der Waals surface area (Å²) in [6.07, 6.45) is 8.75. The summed E-state index contributed by atoms with van der Waals surface area (Å²) in [4.78, 5) is 0. The molecule has 0 aromatic carbocycles. The van der Waals surface area contributed by atoms with Gasteiger partial charge in [0.15, 0.2) is 0 Å². The third-order valence-corrected chi connectivity index (χ3v) is 6.94. The van der Waals surface area contributed by atoms with Crippen LogP contribution in [0.1, 0.15) is 122 Å². The van der Waals surface area contributed by atoms with Crippen molar-refractivity contribution in [1.82, 2.24) is 5.32 Å². The van der Waals surface area contributed by atoms with E-state index in [0.29, 0.717) is 0 Å². The average molecular weight is 398 g/mol. The summed E-state index contributed by atoms with van der Waals surface area (Å²) >= 11 is 0. The smallest absolute Gasteiger partial charge is 0.00902 e. The van der Waals surface area contributed by atoms with Crippen molar-refractivity contribution in [2.75, 3.05) is 6.54 Å². The molecule has 2 aliphatic rings. The zero-order chi connectivity index (χ0) is 22.3. The second-order valence-corrected chi connectivity index (χ2v) is 10.0. The molecule has 0 radical (unpaired) electrons. The van der Waals surface area contributed by atoms with Gasteiger partial charge in [-0.1, -0.05) is 83.1 Å². The molecule has 28 heavy (non-hydrogen) atoms. The predicted octanol–water partition coefficient (Wildman–Crippen LogP) is 8.82. The van der Waals surface area contributed by atoms with Gasteiger partial charge in [0.25, 0.3) is 0 Å². The van der Waals surface area contributed by atoms with Gasteiger partial charge in [0.05, 0.1) is 0 Å². The van der Waals surface area contributed by atoms with E-state index >= 15 is 0 Å². The van der Waals surface area contributed by atoms with Gasteiger partial charge < -0.3 is 5.32 Å². The summed E-state index contributed by atoms with van der Waals surface area (Å²) in [5.41, 5.74) is 0. The summed E-state index contributed by atoms with van der Waals surface area (Å²) in [5, 5.41) is 3.65. The molecular weight excluding hydrogens is 338 g/mol. The molecule has 1 saturated heterocycles. The molecule has 2 fully saturated rings. The van der Waals surface area contributed by atoms with Crippen molar-refractivity contribution < 1.29 is 0 Å². The van der Waals surface area contributed by atoms with Gasteiger partial charge in [-0.15, -0.1) is 0 Å². The first-order chi connectivity index (χ1) is 13.2. The van der Waals surface area contributed by atoms with Gasteiger partial charge in [-0.05, 0) is 86.5 Å². The lowest BCUT2D eigenvalue weighted by Crippen LogP contribution is -2.43. The molecule has 1 nitrogen and oxygen atoms in total. The predicted molar refractivity (Wildman–Crippen MR) is 132 cm³/mol. The Bertz CT molecular complexity index is 238. The van der Waals surface area contributed by atoms with E-state index in [1.165, 1.54) is 45.1 Å². The van der Waals surface area contributed by atoms with Crippen LogP contribution in [0.2, 0.25) is 0 Å². The fraction of sp³-hybridized carbons (Fsp3) is 1.00. The van der Waals surface area contributed by atoms with Gasteiger partial charge in [0.1, 0.15) is 0 Å². The van der Waals surface area contributed by atoms with E-state index < -0.39 is 0 Å². The third-order valence-electron chi connectivity index (χ3n) is 6.94. The molecule has 2 rings (SSSR count). The molecule has 1 saturated carbocycles. The lowest BCUT2D eigenvalue weighted by Gasteiger charge is -2.34. The summed E-state index contributed by atoms with van der Waals surface area (Å²) in [6.45, 7) is 28.0. The minimum absolute atomic E-state index is 0.778. The van der Waals surface area contributed by atoms with Crippen LogP contribution in [-0.4, -0.2) is 12.6 Å². The number of rotatable bonds is 4. The zero-order valence-corrected chi connectivity index (χ0v) is 22.1. The first-order valence-corrected chi connectivity index (χ1v) is 13.0. The molecule has 1 N–H and O–H groups in total. The highest BCUT2D eigenvalue weighted by Crippen LogP contribution is 2.36. The topological polar surface area (TPSA) is 12.0 Å². The van der Waals surface area contributed by atoms with E-state index in [-0.39, 0.29) is 0 Å². The fourth-order valence-corrected chi connectivity index (χ4v) is 4.52. The van der Waals surface area contributed by atoms with E-state index in [9.17, 15) is 0 Å². The van der Waals surface area contributed by atoms with E-state index in [2.05, 4.69) is 60.7 Å². The van der Waals surface area contributed by atoms with Crippen LogP contribution in [0.4, 0.5) is 0 Å². The Balaban J connectivity index is 0. The molecule has 1 aliphatic carbocycles. The van der Waals surface area contributed by atoms with Crippen molar-refractivity contribution in [2.45, 2.75) is 128 Å². The van der Waals surface area contributed by atoms with Crippen molar-refractivity contribution >= 4 is 0 Å². The molecule has 1 heterocycles. The second kappa shape index (κ2) is 17.8. The number of hydrogen-bond donors (Lipinski definition) is 1. The maximum atomic E-state index is 3.65. The summed E-state index contributed by atoms with van der Waals surface area (Å²) < 4.78 is 0. The quantitative estimate of drug-likeness (QED) is 0.499. The molecule has 0 spiro atoms. The van der Waals surface area contributed by atoms with Crippen LogP contribution < -0.4 is 5.32 Å². The van der Waals surface area contributed by atoms with Crippen LogP contribution in [0.25, 0.3) is 0 Å². The Morgan fingerprint density at radius 3 is 1.00 bits per heavy atom. The molecule has 172 valence electrons. The zero-order valence-electron chi connectivity index (χ0n) is 22.1. The minimum atomic E-state index is 0.778. The Labute approximate surface area is 181 Å². The van der Waals surface area contributed by atoms with E-state index in [4.69, 9.17) is 0 Å². The van der Waals surface area contributed by atoms with Gasteiger partial charge in [0.2, 0.25) is 0 Å². The number of nitrogens with one attached hydrogen (secondary N) is 1. The maximum Gasteiger partial charge on any atom is 0.00902 e. The number of piperidine rings is 1. The van der Waals surface area contributed by atoms with E-state index in [1.807, 2.05) is 27.7 Å². The first-order valence-electron chi connectivity index (χ1n) is 13.0. The van der Waals surface area contributed by atoms with E-state index in [1.54, 1.807) is 0 Å². The van der Waals surface area contributed by atoms with Crippen LogP contribution in [0.3, 0.4) is 0 Å². The Kier molecular flexibility index (Phi) is 19.2. The van der Waals surface area contributed by atoms with Crippen LogP contribution in [-0.2, 0) is 0 Å². The lowest BCUT2D eigenvalue weighted by molar-refractivity contribution is 0.189. The summed E-state index contributed by atoms with van der Waals surface area (Å²) in [7, 11) is 0. The summed E-state index contributed by atoms with van der Waals surface area (Å²) in [5.74, 6) is 6.46. The lowest BCUT2D eigenvalue weighted by atomic mass is 9.73. The third kappa shape index (κ3) is 12.5. The maximum absolute atomic E-state index is 3.65. The van der Waals surface area contributed by atoms with Gasteiger partial charge in [-0.3, -0.25) is 0 Å². The van der Waals surface area contributed by atoms with Crippen molar-refractivity contribution in [3.8, 4) is 0 Å². The van der Waals surface area contributed by atoms with Crippen LogP contribution in [0.15, 0.2) is 0 Å². The first kappa shape index (κ1) is 30.2. The van der Waals surface area contributed by atoms with Crippen LogP contribution in [0.5, 0.6) is 0 Å². The van der Waals surface area contributed by atoms with Gasteiger partial charge >= 0.3 is 0 Å². The van der Waals surface area contributed by atoms with Crippen LogP contribution in [0, 0.1) is 41.4 Å². The molecular formula is C27H59N. The van der Waals surface area contributed by atoms with Crippen LogP contribution >= 0.6 is 0 Å². The second-order valence-electron chi connectivity index (χ2n) is 10.0. The van der Waals surface area contributed by atoms with Crippen molar-refractivity contribution in [3.63, 3.8) is 0 Å². The molecule has 2 unspecified atom stereocenters. The van der Waals surface area contributed by atoms with Gasteiger partial charge in [-0.2, -0.15) is 0 Å². The van der Waals surface area contributed by atoms with Crippen molar-refractivity contribution in [3.05, 3.63) is 0 Å². The molecule has 0 aromatic heterocycles. The average Bonchev–Trinajstić information content (AvgIpc) is 2.71.